The lowest BCUT2D eigenvalue weighted by Gasteiger charge is -2.09. The molecule has 0 saturated heterocycles. The summed E-state index contributed by atoms with van der Waals surface area (Å²) in [5, 5.41) is 14.8. The van der Waals surface area contributed by atoms with Gasteiger partial charge in [-0.25, -0.2) is 4.39 Å². The van der Waals surface area contributed by atoms with Crippen LogP contribution in [0.25, 0.3) is 0 Å². The van der Waals surface area contributed by atoms with Crippen LogP contribution in [-0.4, -0.2) is 10.6 Å². The molecule has 0 aliphatic heterocycles. The first-order chi connectivity index (χ1) is 11.2. The first-order valence-electron chi connectivity index (χ1n) is 6.60. The van der Waals surface area contributed by atoms with Gasteiger partial charge in [-0.1, -0.05) is 12.1 Å². The van der Waals surface area contributed by atoms with E-state index in [1.165, 1.54) is 24.3 Å². The van der Waals surface area contributed by atoms with Crippen molar-refractivity contribution in [3.63, 3.8) is 0 Å². The molecule has 0 bridgehead atoms. The second-order valence-electron chi connectivity index (χ2n) is 4.80. The van der Waals surface area contributed by atoms with Crippen LogP contribution in [0.2, 0.25) is 0 Å². The van der Waals surface area contributed by atoms with Gasteiger partial charge in [-0.05, 0) is 36.8 Å². The minimum absolute atomic E-state index is 0.186. The number of hydrazone groups is 1. The molecule has 1 N–H and O–H groups in total. The molecule has 9 heteroatoms. The van der Waals surface area contributed by atoms with Crippen molar-refractivity contribution in [2.45, 2.75) is 13.1 Å². The summed E-state index contributed by atoms with van der Waals surface area (Å²) in [5.41, 5.74) is 1.24. The standard InChI is InChI=1S/C15H11F4N3O2/c1-9(10-2-5-12(16)6-3-10)20-21-13-7-4-11(15(17,18)19)8-14(13)22(23)24/h2-8,21H,1H3. The number of nitro benzene ring substituents is 1. The summed E-state index contributed by atoms with van der Waals surface area (Å²) in [5.74, 6) is -0.433. The molecule has 0 fully saturated rings. The average molecular weight is 341 g/mol. The molecule has 24 heavy (non-hydrogen) atoms. The third-order valence-electron chi connectivity index (χ3n) is 3.13. The van der Waals surface area contributed by atoms with Crippen molar-refractivity contribution in [1.29, 1.82) is 0 Å². The molecule has 0 aliphatic rings. The monoisotopic (exact) mass is 341 g/mol. The van der Waals surface area contributed by atoms with E-state index in [0.29, 0.717) is 17.3 Å². The molecule has 2 aromatic carbocycles. The highest BCUT2D eigenvalue weighted by Gasteiger charge is 2.33. The van der Waals surface area contributed by atoms with Crippen LogP contribution in [-0.2, 0) is 6.18 Å². The van der Waals surface area contributed by atoms with Gasteiger partial charge in [-0.2, -0.15) is 18.3 Å². The Hall–Kier alpha value is -2.97. The fourth-order valence-electron chi connectivity index (χ4n) is 1.85. The zero-order valence-corrected chi connectivity index (χ0v) is 12.3. The van der Waals surface area contributed by atoms with Gasteiger partial charge in [0.1, 0.15) is 11.5 Å². The van der Waals surface area contributed by atoms with Crippen LogP contribution in [0.3, 0.4) is 0 Å². The number of hydrogen-bond acceptors (Lipinski definition) is 4. The molecular weight excluding hydrogens is 330 g/mol. The van der Waals surface area contributed by atoms with E-state index < -0.39 is 28.2 Å². The van der Waals surface area contributed by atoms with E-state index in [1.807, 2.05) is 0 Å². The van der Waals surface area contributed by atoms with Crippen LogP contribution < -0.4 is 5.43 Å². The van der Waals surface area contributed by atoms with Crippen molar-refractivity contribution in [1.82, 2.24) is 0 Å². The summed E-state index contributed by atoms with van der Waals surface area (Å²) in [4.78, 5) is 10.0. The van der Waals surface area contributed by atoms with Gasteiger partial charge in [0.25, 0.3) is 5.69 Å². The molecule has 0 aromatic heterocycles. The molecule has 0 atom stereocenters. The maximum atomic E-state index is 12.9. The Morgan fingerprint density at radius 1 is 1.17 bits per heavy atom. The number of nitrogens with zero attached hydrogens (tertiary/aromatic N) is 2. The van der Waals surface area contributed by atoms with Crippen LogP contribution in [0.15, 0.2) is 47.6 Å². The van der Waals surface area contributed by atoms with Crippen molar-refractivity contribution in [3.8, 4) is 0 Å². The number of benzene rings is 2. The first kappa shape index (κ1) is 17.4. The van der Waals surface area contributed by atoms with Crippen LogP contribution in [0.4, 0.5) is 28.9 Å². The summed E-state index contributed by atoms with van der Waals surface area (Å²) in [7, 11) is 0. The molecule has 0 aliphatic carbocycles. The van der Waals surface area contributed by atoms with E-state index in [4.69, 9.17) is 0 Å². The fourth-order valence-corrected chi connectivity index (χ4v) is 1.85. The molecule has 2 aromatic rings. The zero-order valence-electron chi connectivity index (χ0n) is 12.3. The van der Waals surface area contributed by atoms with E-state index >= 15 is 0 Å². The first-order valence-corrected chi connectivity index (χ1v) is 6.60. The molecule has 126 valence electrons. The van der Waals surface area contributed by atoms with Gasteiger partial charge in [0.2, 0.25) is 0 Å². The number of hydrogen-bond donors (Lipinski definition) is 1. The second-order valence-corrected chi connectivity index (χ2v) is 4.80. The lowest BCUT2D eigenvalue weighted by molar-refractivity contribution is -0.384. The molecule has 0 radical (unpaired) electrons. The van der Waals surface area contributed by atoms with Crippen LogP contribution in [0.1, 0.15) is 18.1 Å². The molecule has 0 saturated carbocycles. The van der Waals surface area contributed by atoms with Gasteiger partial charge in [-0.15, -0.1) is 0 Å². The van der Waals surface area contributed by atoms with Gasteiger partial charge in [-0.3, -0.25) is 15.5 Å². The fraction of sp³-hybridized carbons (Fsp3) is 0.133. The van der Waals surface area contributed by atoms with Crippen molar-refractivity contribution >= 4 is 17.1 Å². The highest BCUT2D eigenvalue weighted by atomic mass is 19.4. The Balaban J connectivity index is 2.30. The van der Waals surface area contributed by atoms with Crippen LogP contribution in [0.5, 0.6) is 0 Å². The van der Waals surface area contributed by atoms with E-state index in [-0.39, 0.29) is 5.69 Å². The van der Waals surface area contributed by atoms with E-state index in [2.05, 4.69) is 10.5 Å². The van der Waals surface area contributed by atoms with Gasteiger partial charge >= 0.3 is 6.18 Å². The van der Waals surface area contributed by atoms with Crippen LogP contribution in [0, 0.1) is 15.9 Å². The Labute approximate surface area is 133 Å². The topological polar surface area (TPSA) is 67.5 Å². The second kappa shape index (κ2) is 6.65. The van der Waals surface area contributed by atoms with Crippen molar-refractivity contribution in [2.75, 3.05) is 5.43 Å². The predicted octanol–water partition coefficient (Wildman–Crippen LogP) is 4.59. The molecule has 0 unspecified atom stereocenters. The van der Waals surface area contributed by atoms with Gasteiger partial charge in [0, 0.05) is 6.07 Å². The zero-order chi connectivity index (χ0) is 17.9. The lowest BCUT2D eigenvalue weighted by Crippen LogP contribution is -2.07. The van der Waals surface area contributed by atoms with Gasteiger partial charge < -0.3 is 0 Å². The molecule has 0 heterocycles. The molecule has 2 rings (SSSR count). The smallest absolute Gasteiger partial charge is 0.271 e. The number of halogens is 4. The number of nitrogens with one attached hydrogen (secondary N) is 1. The molecule has 0 amide bonds. The van der Waals surface area contributed by atoms with E-state index in [1.54, 1.807) is 6.92 Å². The van der Waals surface area contributed by atoms with Crippen molar-refractivity contribution < 1.29 is 22.5 Å². The number of nitro groups is 1. The normalized spacial score (nSPS) is 12.1. The number of rotatable bonds is 4. The molecular formula is C15H11F4N3O2. The quantitative estimate of drug-likeness (QED) is 0.383. The minimum Gasteiger partial charge on any atom is -0.271 e. The minimum atomic E-state index is -4.68. The van der Waals surface area contributed by atoms with Gasteiger partial charge in [0.15, 0.2) is 0 Å². The summed E-state index contributed by atoms with van der Waals surface area (Å²) >= 11 is 0. The van der Waals surface area contributed by atoms with E-state index in [0.717, 1.165) is 12.1 Å². The SMILES string of the molecule is CC(=NNc1ccc(C(F)(F)F)cc1[N+](=O)[O-])c1ccc(F)cc1. The predicted molar refractivity (Wildman–Crippen MR) is 80.3 cm³/mol. The number of alkyl halides is 3. The summed E-state index contributed by atoms with van der Waals surface area (Å²) < 4.78 is 50.7. The molecule has 5 nitrogen and oxygen atoms in total. The van der Waals surface area contributed by atoms with Crippen LogP contribution >= 0.6 is 0 Å². The highest BCUT2D eigenvalue weighted by Crippen LogP contribution is 2.34. The average Bonchev–Trinajstić information content (AvgIpc) is 2.52. The molecule has 0 spiro atoms. The summed E-state index contributed by atoms with van der Waals surface area (Å²) in [6.45, 7) is 1.57. The largest absolute Gasteiger partial charge is 0.416 e. The van der Waals surface area contributed by atoms with Crippen molar-refractivity contribution in [2.24, 2.45) is 5.10 Å². The lowest BCUT2D eigenvalue weighted by atomic mass is 10.1. The Bertz CT molecular complexity index is 786. The Morgan fingerprint density at radius 2 is 1.79 bits per heavy atom. The third-order valence-corrected chi connectivity index (χ3v) is 3.13. The maximum Gasteiger partial charge on any atom is 0.416 e. The Kier molecular flexibility index (Phi) is 4.82. The van der Waals surface area contributed by atoms with Gasteiger partial charge in [0.05, 0.1) is 16.2 Å². The third kappa shape index (κ3) is 4.06. The Morgan fingerprint density at radius 3 is 2.33 bits per heavy atom. The van der Waals surface area contributed by atoms with E-state index in [9.17, 15) is 27.7 Å². The summed E-state index contributed by atoms with van der Waals surface area (Å²) in [6.07, 6.45) is -4.68. The summed E-state index contributed by atoms with van der Waals surface area (Å²) in [6, 6.07) is 7.43. The highest BCUT2D eigenvalue weighted by molar-refractivity contribution is 5.99. The maximum absolute atomic E-state index is 12.9. The number of anilines is 1. The van der Waals surface area contributed by atoms with Crippen molar-refractivity contribution in [3.05, 3.63) is 69.5 Å².